The van der Waals surface area contributed by atoms with E-state index in [2.05, 4.69) is 11.9 Å². The summed E-state index contributed by atoms with van der Waals surface area (Å²) in [6.07, 6.45) is 0. The molecule has 3 aromatic carbocycles. The van der Waals surface area contributed by atoms with Crippen LogP contribution in [0, 0.1) is 0 Å². The van der Waals surface area contributed by atoms with Gasteiger partial charge >= 0.3 is 5.97 Å². The molecule has 0 bridgehead atoms. The van der Waals surface area contributed by atoms with E-state index in [-0.39, 0.29) is 22.2 Å². The lowest BCUT2D eigenvalue weighted by atomic mass is 9.98. The highest BCUT2D eigenvalue weighted by Gasteiger charge is 2.27. The van der Waals surface area contributed by atoms with Crippen LogP contribution in [-0.2, 0) is 0 Å². The van der Waals surface area contributed by atoms with Gasteiger partial charge < -0.3 is 10.4 Å². The van der Waals surface area contributed by atoms with E-state index in [4.69, 9.17) is 11.6 Å². The number of rotatable bonds is 3. The van der Waals surface area contributed by atoms with Gasteiger partial charge in [-0.25, -0.2) is 4.79 Å². The number of nitrogens with one attached hydrogen (secondary N) is 1. The Morgan fingerprint density at radius 1 is 0.852 bits per heavy atom. The van der Waals surface area contributed by atoms with Gasteiger partial charge in [0.15, 0.2) is 0 Å². The predicted molar refractivity (Wildman–Crippen MR) is 106 cm³/mol. The molecule has 27 heavy (non-hydrogen) atoms. The van der Waals surface area contributed by atoms with Crippen LogP contribution in [0.5, 0.6) is 0 Å². The first-order chi connectivity index (χ1) is 13.0. The number of fused-ring (bicyclic) bond motifs is 3. The van der Waals surface area contributed by atoms with Crippen LogP contribution in [0.2, 0.25) is 5.02 Å². The van der Waals surface area contributed by atoms with Crippen molar-refractivity contribution in [1.29, 1.82) is 0 Å². The number of carboxylic acids is 1. The average molecular weight is 376 g/mol. The summed E-state index contributed by atoms with van der Waals surface area (Å²) in [4.78, 5) is 24.2. The highest BCUT2D eigenvalue weighted by atomic mass is 35.5. The third kappa shape index (κ3) is 2.71. The van der Waals surface area contributed by atoms with Crippen molar-refractivity contribution in [1.82, 2.24) is 0 Å². The Balaban J connectivity index is 1.75. The number of aromatic carboxylic acids is 1. The molecule has 0 aliphatic heterocycles. The Labute approximate surface area is 160 Å². The maximum absolute atomic E-state index is 12.9. The van der Waals surface area contributed by atoms with Crippen LogP contribution in [0.4, 0.5) is 5.69 Å². The van der Waals surface area contributed by atoms with E-state index in [1.165, 1.54) is 12.1 Å². The molecule has 0 fully saturated rings. The van der Waals surface area contributed by atoms with Crippen molar-refractivity contribution in [3.05, 3.63) is 94.5 Å². The third-order valence-corrected chi connectivity index (χ3v) is 5.04. The van der Waals surface area contributed by atoms with Gasteiger partial charge in [0.1, 0.15) is 0 Å². The van der Waals surface area contributed by atoms with Crippen molar-refractivity contribution >= 4 is 34.7 Å². The van der Waals surface area contributed by atoms with Crippen LogP contribution in [0.25, 0.3) is 16.7 Å². The van der Waals surface area contributed by atoms with Crippen molar-refractivity contribution in [3.8, 4) is 11.1 Å². The molecule has 0 spiro atoms. The minimum Gasteiger partial charge on any atom is -0.478 e. The van der Waals surface area contributed by atoms with Gasteiger partial charge in [-0.05, 0) is 40.5 Å². The van der Waals surface area contributed by atoms with Crippen molar-refractivity contribution in [2.75, 3.05) is 5.32 Å². The second-order valence-electron chi connectivity index (χ2n) is 6.18. The van der Waals surface area contributed by atoms with E-state index in [0.717, 1.165) is 27.8 Å². The molecular formula is C22H14ClNO3. The molecule has 5 heteroatoms. The number of carbonyl (C=O) groups is 2. The molecule has 4 rings (SSSR count). The molecule has 0 saturated carbocycles. The number of hydrogen-bond donors (Lipinski definition) is 2. The summed E-state index contributed by atoms with van der Waals surface area (Å²) >= 11 is 6.14. The van der Waals surface area contributed by atoms with Crippen LogP contribution in [0.3, 0.4) is 0 Å². The molecule has 0 unspecified atom stereocenters. The van der Waals surface area contributed by atoms with E-state index < -0.39 is 5.97 Å². The Morgan fingerprint density at radius 3 is 2.22 bits per heavy atom. The molecule has 0 heterocycles. The number of carboxylic acid groups (broad SMARTS) is 1. The summed E-state index contributed by atoms with van der Waals surface area (Å²) < 4.78 is 0. The zero-order valence-corrected chi connectivity index (χ0v) is 14.9. The van der Waals surface area contributed by atoms with Crippen molar-refractivity contribution in [2.24, 2.45) is 0 Å². The van der Waals surface area contributed by atoms with Gasteiger partial charge in [-0.2, -0.15) is 0 Å². The number of benzene rings is 3. The van der Waals surface area contributed by atoms with Crippen molar-refractivity contribution < 1.29 is 14.7 Å². The molecule has 1 amide bonds. The quantitative estimate of drug-likeness (QED) is 0.508. The first kappa shape index (κ1) is 17.1. The topological polar surface area (TPSA) is 66.4 Å². The first-order valence-electron chi connectivity index (χ1n) is 8.24. The largest absolute Gasteiger partial charge is 0.478 e. The average Bonchev–Trinajstić information content (AvgIpc) is 2.96. The maximum atomic E-state index is 12.9. The van der Waals surface area contributed by atoms with Crippen LogP contribution in [0.15, 0.2) is 67.2 Å². The summed E-state index contributed by atoms with van der Waals surface area (Å²) in [5.41, 5.74) is 5.21. The monoisotopic (exact) mass is 375 g/mol. The van der Waals surface area contributed by atoms with Gasteiger partial charge in [-0.1, -0.05) is 60.6 Å². The minimum absolute atomic E-state index is 0.00645. The van der Waals surface area contributed by atoms with Gasteiger partial charge in [-0.15, -0.1) is 0 Å². The fraction of sp³-hybridized carbons (Fsp3) is 0. The molecule has 1 aliphatic rings. The first-order valence-corrected chi connectivity index (χ1v) is 8.62. The second kappa shape index (κ2) is 6.41. The molecule has 132 valence electrons. The summed E-state index contributed by atoms with van der Waals surface area (Å²) in [6, 6.07) is 17.9. The zero-order chi connectivity index (χ0) is 19.1. The second-order valence-corrected chi connectivity index (χ2v) is 6.56. The number of anilines is 1. The lowest BCUT2D eigenvalue weighted by Gasteiger charge is -2.12. The SMILES string of the molecule is C=C1c2ccccc2-c2cccc(C(=O)Nc3cccc(C(=O)O)c3Cl)c21. The van der Waals surface area contributed by atoms with Gasteiger partial charge in [0.2, 0.25) is 0 Å². The fourth-order valence-electron chi connectivity index (χ4n) is 3.39. The zero-order valence-electron chi connectivity index (χ0n) is 14.1. The number of halogens is 1. The molecule has 1 aliphatic carbocycles. The van der Waals surface area contributed by atoms with Crippen molar-refractivity contribution in [2.45, 2.75) is 0 Å². The fourth-order valence-corrected chi connectivity index (χ4v) is 3.64. The molecular weight excluding hydrogens is 362 g/mol. The van der Waals surface area contributed by atoms with E-state index in [9.17, 15) is 14.7 Å². The van der Waals surface area contributed by atoms with E-state index >= 15 is 0 Å². The van der Waals surface area contributed by atoms with Crippen LogP contribution >= 0.6 is 11.6 Å². The maximum Gasteiger partial charge on any atom is 0.337 e. The highest BCUT2D eigenvalue weighted by molar-refractivity contribution is 6.36. The van der Waals surface area contributed by atoms with E-state index in [1.807, 2.05) is 36.4 Å². The standard InChI is InChI=1S/C22H14ClNO3/c1-12-13-6-2-3-7-14(13)15-8-4-9-16(19(12)15)21(25)24-18-11-5-10-17(20(18)23)22(26)27/h2-11H,1H2,(H,24,25)(H,26,27). The van der Waals surface area contributed by atoms with Crippen LogP contribution in [0.1, 0.15) is 31.8 Å². The molecule has 0 atom stereocenters. The number of amides is 1. The Bertz CT molecular complexity index is 1130. The Kier molecular flexibility index (Phi) is 4.05. The number of hydrogen-bond acceptors (Lipinski definition) is 2. The molecule has 0 radical (unpaired) electrons. The molecule has 3 aromatic rings. The van der Waals surface area contributed by atoms with Gasteiger partial charge in [0.25, 0.3) is 5.91 Å². The lowest BCUT2D eigenvalue weighted by Crippen LogP contribution is -2.15. The normalized spacial score (nSPS) is 11.7. The van der Waals surface area contributed by atoms with Gasteiger partial charge in [-0.3, -0.25) is 4.79 Å². The lowest BCUT2D eigenvalue weighted by molar-refractivity contribution is 0.0696. The summed E-state index contributed by atoms with van der Waals surface area (Å²) in [6.45, 7) is 4.16. The number of carbonyl (C=O) groups excluding carboxylic acids is 1. The predicted octanol–water partition coefficient (Wildman–Crippen LogP) is 5.33. The van der Waals surface area contributed by atoms with Crippen molar-refractivity contribution in [3.63, 3.8) is 0 Å². The highest BCUT2D eigenvalue weighted by Crippen LogP contribution is 2.44. The van der Waals surface area contributed by atoms with E-state index in [0.29, 0.717) is 5.56 Å². The van der Waals surface area contributed by atoms with Crippen LogP contribution in [-0.4, -0.2) is 17.0 Å². The molecule has 0 saturated heterocycles. The van der Waals surface area contributed by atoms with E-state index in [1.54, 1.807) is 12.1 Å². The Hall–Kier alpha value is -3.37. The minimum atomic E-state index is -1.15. The Morgan fingerprint density at radius 2 is 1.48 bits per heavy atom. The molecule has 0 aromatic heterocycles. The molecule has 4 nitrogen and oxygen atoms in total. The summed E-state index contributed by atoms with van der Waals surface area (Å²) in [5.74, 6) is -1.52. The third-order valence-electron chi connectivity index (χ3n) is 4.63. The van der Waals surface area contributed by atoms with Gasteiger partial charge in [0.05, 0.1) is 16.3 Å². The van der Waals surface area contributed by atoms with Crippen LogP contribution < -0.4 is 5.32 Å². The summed E-state index contributed by atoms with van der Waals surface area (Å²) in [5, 5.41) is 11.9. The summed E-state index contributed by atoms with van der Waals surface area (Å²) in [7, 11) is 0. The molecule has 2 N–H and O–H groups in total. The smallest absolute Gasteiger partial charge is 0.337 e. The van der Waals surface area contributed by atoms with Gasteiger partial charge in [0, 0.05) is 11.1 Å².